The summed E-state index contributed by atoms with van der Waals surface area (Å²) in [5.74, 6) is -1.93. The molecule has 0 spiro atoms. The predicted octanol–water partition coefficient (Wildman–Crippen LogP) is 7.42. The third-order valence-corrected chi connectivity index (χ3v) is 11.5. The molecule has 5 rings (SSSR count). The Balaban J connectivity index is 1.35. The number of anilines is 2. The molecule has 3 amide bonds. The average molecular weight is 784 g/mol. The van der Waals surface area contributed by atoms with Gasteiger partial charge >= 0.3 is 5.97 Å². The normalized spacial score (nSPS) is 16.8. The highest BCUT2D eigenvalue weighted by atomic mass is 79.9. The number of nitrogens with zero attached hydrogens (tertiary/aromatic N) is 2. The van der Waals surface area contributed by atoms with E-state index in [1.807, 2.05) is 32.0 Å². The van der Waals surface area contributed by atoms with Crippen LogP contribution in [-0.4, -0.2) is 30.2 Å². The van der Waals surface area contributed by atoms with Crippen LogP contribution < -0.4 is 14.5 Å². The number of halogens is 4. The summed E-state index contributed by atoms with van der Waals surface area (Å²) in [6.45, 7) is 5.90. The van der Waals surface area contributed by atoms with Gasteiger partial charge < -0.3 is 9.64 Å². The number of amides is 3. The summed E-state index contributed by atoms with van der Waals surface area (Å²) in [5, 5.41) is 0. The molecule has 2 heterocycles. The smallest absolute Gasteiger partial charge is 0.316 e. The van der Waals surface area contributed by atoms with Gasteiger partial charge in [-0.05, 0) is 132 Å². The van der Waals surface area contributed by atoms with Crippen LogP contribution in [0.15, 0.2) is 54.3 Å². The van der Waals surface area contributed by atoms with Crippen molar-refractivity contribution in [1.29, 1.82) is 0 Å². The van der Waals surface area contributed by atoms with Crippen molar-refractivity contribution in [1.82, 2.24) is 0 Å². The molecular weight excluding hydrogens is 764 g/mol. The molecule has 0 bridgehead atoms. The van der Waals surface area contributed by atoms with Gasteiger partial charge in [-0.3, -0.25) is 19.2 Å². The number of rotatable bonds is 4. The number of hydrogen-bond donors (Lipinski definition) is 0. The van der Waals surface area contributed by atoms with Crippen LogP contribution in [0.25, 0.3) is 0 Å². The molecule has 3 aromatic carbocycles. The number of esters is 1. The van der Waals surface area contributed by atoms with Gasteiger partial charge in [0.2, 0.25) is 5.91 Å². The van der Waals surface area contributed by atoms with Crippen molar-refractivity contribution < 1.29 is 23.9 Å². The zero-order chi connectivity index (χ0) is 28.3. The summed E-state index contributed by atoms with van der Waals surface area (Å²) in [6.07, 6.45) is 0.0623. The molecule has 0 N–H and O–H groups in total. The average Bonchev–Trinajstić information content (AvgIpc) is 3.38. The number of benzene rings is 3. The van der Waals surface area contributed by atoms with Gasteiger partial charge in [-0.1, -0.05) is 6.07 Å². The molecule has 1 saturated heterocycles. The Hall–Kier alpha value is -2.34. The topological polar surface area (TPSA) is 84.0 Å². The SMILES string of the molecule is Cc1cc(C)cc(N2C[C@@H](C(=O)Oc3ccc(N4C(=O)c5c(Br)c(Br)c(Br)c(Br)c5C4=O)c(C)c3)CC2=O)c1. The first kappa shape index (κ1) is 28.2. The second kappa shape index (κ2) is 10.6. The lowest BCUT2D eigenvalue weighted by Gasteiger charge is -2.19. The van der Waals surface area contributed by atoms with Crippen LogP contribution in [0.3, 0.4) is 0 Å². The molecule has 200 valence electrons. The highest BCUT2D eigenvalue weighted by Crippen LogP contribution is 2.46. The largest absolute Gasteiger partial charge is 0.426 e. The molecule has 2 aliphatic heterocycles. The van der Waals surface area contributed by atoms with Crippen LogP contribution in [-0.2, 0) is 9.59 Å². The lowest BCUT2D eigenvalue weighted by Crippen LogP contribution is -2.30. The quantitative estimate of drug-likeness (QED) is 0.0905. The lowest BCUT2D eigenvalue weighted by atomic mass is 10.1. The Kier molecular flexibility index (Phi) is 7.64. The molecule has 7 nitrogen and oxygen atoms in total. The third-order valence-electron chi connectivity index (χ3n) is 6.71. The Morgan fingerprint density at radius 1 is 0.821 bits per heavy atom. The predicted molar refractivity (Wildman–Crippen MR) is 162 cm³/mol. The minimum absolute atomic E-state index is 0.0623. The van der Waals surface area contributed by atoms with Crippen molar-refractivity contribution in [2.45, 2.75) is 27.2 Å². The first-order chi connectivity index (χ1) is 18.4. The highest BCUT2D eigenvalue weighted by Gasteiger charge is 2.42. The van der Waals surface area contributed by atoms with Gasteiger partial charge in [0.15, 0.2) is 0 Å². The monoisotopic (exact) mass is 780 g/mol. The summed E-state index contributed by atoms with van der Waals surface area (Å²) in [6, 6.07) is 10.6. The fraction of sp³-hybridized carbons (Fsp3) is 0.214. The van der Waals surface area contributed by atoms with Gasteiger partial charge in [0, 0.05) is 36.5 Å². The summed E-state index contributed by atoms with van der Waals surface area (Å²) in [5.41, 5.74) is 4.29. The lowest BCUT2D eigenvalue weighted by molar-refractivity contribution is -0.139. The first-order valence-corrected chi connectivity index (χ1v) is 15.0. The van der Waals surface area contributed by atoms with Crippen molar-refractivity contribution in [2.24, 2.45) is 5.92 Å². The zero-order valence-electron chi connectivity index (χ0n) is 20.9. The summed E-state index contributed by atoms with van der Waals surface area (Å²) in [7, 11) is 0. The number of hydrogen-bond acceptors (Lipinski definition) is 5. The maximum Gasteiger partial charge on any atom is 0.316 e. The van der Waals surface area contributed by atoms with E-state index >= 15 is 0 Å². The first-order valence-electron chi connectivity index (χ1n) is 11.8. The standard InChI is InChI=1S/C28H20Br4N2O5/c1-12-6-13(2)8-16(7-12)33-11-15(10-19(33)35)28(38)39-17-4-5-18(14(3)9-17)34-26(36)20-21(27(34)37)23(30)25(32)24(31)22(20)29/h4-9,15H,10-11H2,1-3H3/t15-/m0/s1. The number of aryl methyl sites for hydroxylation is 3. The van der Waals surface area contributed by atoms with Gasteiger partial charge in [-0.15, -0.1) is 0 Å². The Bertz CT molecular complexity index is 1550. The molecule has 2 aliphatic rings. The molecule has 39 heavy (non-hydrogen) atoms. The molecule has 0 aliphatic carbocycles. The van der Waals surface area contributed by atoms with Gasteiger partial charge in [0.25, 0.3) is 11.8 Å². The summed E-state index contributed by atoms with van der Waals surface area (Å²) in [4.78, 5) is 55.1. The minimum atomic E-state index is -0.610. The van der Waals surface area contributed by atoms with E-state index in [4.69, 9.17) is 4.74 Å². The minimum Gasteiger partial charge on any atom is -0.426 e. The van der Waals surface area contributed by atoms with E-state index < -0.39 is 23.7 Å². The molecule has 0 unspecified atom stereocenters. The highest BCUT2D eigenvalue weighted by molar-refractivity contribution is 9.15. The molecule has 1 fully saturated rings. The van der Waals surface area contributed by atoms with Crippen LogP contribution in [0.5, 0.6) is 5.75 Å². The summed E-state index contributed by atoms with van der Waals surface area (Å²) >= 11 is 13.7. The second-order valence-electron chi connectivity index (χ2n) is 9.57. The van der Waals surface area contributed by atoms with Crippen molar-refractivity contribution in [3.63, 3.8) is 0 Å². The zero-order valence-corrected chi connectivity index (χ0v) is 27.2. The Morgan fingerprint density at radius 3 is 1.92 bits per heavy atom. The van der Waals surface area contributed by atoms with Gasteiger partial charge in [-0.25, -0.2) is 4.90 Å². The van der Waals surface area contributed by atoms with Crippen LogP contribution in [0.4, 0.5) is 11.4 Å². The number of fused-ring (bicyclic) bond motifs is 1. The van der Waals surface area contributed by atoms with Crippen molar-refractivity contribution in [2.75, 3.05) is 16.3 Å². The Morgan fingerprint density at radius 2 is 1.38 bits per heavy atom. The number of imide groups is 1. The van der Waals surface area contributed by atoms with Gasteiger partial charge in [-0.2, -0.15) is 0 Å². The van der Waals surface area contributed by atoms with E-state index in [1.54, 1.807) is 24.0 Å². The van der Waals surface area contributed by atoms with Crippen molar-refractivity contribution >= 4 is 98.8 Å². The number of carbonyl (C=O) groups excluding carboxylic acids is 4. The van der Waals surface area contributed by atoms with E-state index in [2.05, 4.69) is 63.7 Å². The van der Waals surface area contributed by atoms with E-state index in [9.17, 15) is 19.2 Å². The van der Waals surface area contributed by atoms with E-state index in [0.29, 0.717) is 29.1 Å². The van der Waals surface area contributed by atoms with Gasteiger partial charge in [0.05, 0.1) is 22.7 Å². The van der Waals surface area contributed by atoms with Crippen molar-refractivity contribution in [3.05, 3.63) is 82.1 Å². The fourth-order valence-corrected chi connectivity index (χ4v) is 7.39. The van der Waals surface area contributed by atoms with Crippen LogP contribution in [0, 0.1) is 26.7 Å². The molecule has 0 radical (unpaired) electrons. The molecule has 0 saturated carbocycles. The second-order valence-corrected chi connectivity index (χ2v) is 12.7. The maximum atomic E-state index is 13.3. The molecule has 0 aromatic heterocycles. The molecule has 11 heteroatoms. The third kappa shape index (κ3) is 4.92. The van der Waals surface area contributed by atoms with Crippen LogP contribution in [0.2, 0.25) is 0 Å². The number of ether oxygens (including phenoxy) is 1. The number of carbonyl (C=O) groups is 4. The summed E-state index contributed by atoms with van der Waals surface area (Å²) < 4.78 is 7.78. The van der Waals surface area contributed by atoms with E-state index in [0.717, 1.165) is 21.7 Å². The van der Waals surface area contributed by atoms with Crippen LogP contribution >= 0.6 is 63.7 Å². The maximum absolute atomic E-state index is 13.3. The van der Waals surface area contributed by atoms with E-state index in [1.165, 1.54) is 6.07 Å². The molecule has 1 atom stereocenters. The molecule has 3 aromatic rings. The van der Waals surface area contributed by atoms with Gasteiger partial charge in [0.1, 0.15) is 5.75 Å². The van der Waals surface area contributed by atoms with Crippen LogP contribution in [0.1, 0.15) is 43.8 Å². The molecular formula is C28H20Br4N2O5. The van der Waals surface area contributed by atoms with Crippen molar-refractivity contribution in [3.8, 4) is 5.75 Å². The Labute approximate surface area is 258 Å². The van der Waals surface area contributed by atoms with E-state index in [-0.39, 0.29) is 35.7 Å². The fourth-order valence-electron chi connectivity index (χ4n) is 4.93.